The van der Waals surface area contributed by atoms with Gasteiger partial charge in [-0.3, -0.25) is 0 Å². The molecule has 1 N–H and O–H groups in total. The van der Waals surface area contributed by atoms with Gasteiger partial charge < -0.3 is 10.2 Å². The van der Waals surface area contributed by atoms with Gasteiger partial charge in [-0.1, -0.05) is 46.0 Å². The number of piperazine rings is 1. The first-order valence-corrected chi connectivity index (χ1v) is 8.18. The molecule has 1 aliphatic carbocycles. The van der Waals surface area contributed by atoms with Crippen LogP contribution in [0.15, 0.2) is 0 Å². The lowest BCUT2D eigenvalue weighted by Gasteiger charge is -2.46. The maximum atomic E-state index is 3.83. The first kappa shape index (κ1) is 14.3. The SMILES string of the molecule is CC(C)CCCCN1CCNC2(CCCCC2)C1. The molecule has 0 bridgehead atoms. The Bertz CT molecular complexity index is 226. The summed E-state index contributed by atoms with van der Waals surface area (Å²) in [5.41, 5.74) is 0.495. The van der Waals surface area contributed by atoms with Crippen molar-refractivity contribution in [3.63, 3.8) is 0 Å². The molecule has 2 aliphatic rings. The zero-order chi connectivity index (χ0) is 12.8. The van der Waals surface area contributed by atoms with Gasteiger partial charge in [0.2, 0.25) is 0 Å². The van der Waals surface area contributed by atoms with E-state index in [1.807, 2.05) is 0 Å². The van der Waals surface area contributed by atoms with E-state index in [1.54, 1.807) is 0 Å². The lowest BCUT2D eigenvalue weighted by molar-refractivity contribution is 0.0979. The fourth-order valence-corrected chi connectivity index (χ4v) is 3.68. The summed E-state index contributed by atoms with van der Waals surface area (Å²) in [6.07, 6.45) is 11.4. The molecule has 0 radical (unpaired) electrons. The number of unbranched alkanes of at least 4 members (excludes halogenated alkanes) is 1. The largest absolute Gasteiger partial charge is 0.309 e. The van der Waals surface area contributed by atoms with Crippen molar-refractivity contribution < 1.29 is 0 Å². The van der Waals surface area contributed by atoms with Gasteiger partial charge >= 0.3 is 0 Å². The quantitative estimate of drug-likeness (QED) is 0.754. The highest BCUT2D eigenvalue weighted by Crippen LogP contribution is 2.30. The Kier molecular flexibility index (Phi) is 5.50. The molecule has 2 fully saturated rings. The smallest absolute Gasteiger partial charge is 0.0309 e. The highest BCUT2D eigenvalue weighted by Gasteiger charge is 2.35. The van der Waals surface area contributed by atoms with Gasteiger partial charge in [-0.05, 0) is 31.7 Å². The molecule has 0 aromatic carbocycles. The van der Waals surface area contributed by atoms with Crippen molar-refractivity contribution in [1.82, 2.24) is 10.2 Å². The topological polar surface area (TPSA) is 15.3 Å². The number of hydrogen-bond acceptors (Lipinski definition) is 2. The average Bonchev–Trinajstić information content (AvgIpc) is 2.36. The van der Waals surface area contributed by atoms with Crippen LogP contribution in [0.5, 0.6) is 0 Å². The van der Waals surface area contributed by atoms with E-state index in [1.165, 1.54) is 77.5 Å². The number of nitrogens with one attached hydrogen (secondary N) is 1. The van der Waals surface area contributed by atoms with Crippen LogP contribution in [0.4, 0.5) is 0 Å². The maximum absolute atomic E-state index is 3.83. The van der Waals surface area contributed by atoms with Crippen LogP contribution >= 0.6 is 0 Å². The molecule has 0 atom stereocenters. The van der Waals surface area contributed by atoms with Crippen LogP contribution in [0.3, 0.4) is 0 Å². The summed E-state index contributed by atoms with van der Waals surface area (Å²) in [5, 5.41) is 3.83. The van der Waals surface area contributed by atoms with E-state index in [0.29, 0.717) is 5.54 Å². The molecule has 18 heavy (non-hydrogen) atoms. The second-order valence-corrected chi connectivity index (χ2v) is 6.93. The maximum Gasteiger partial charge on any atom is 0.0309 e. The molecule has 1 heterocycles. The minimum atomic E-state index is 0.495. The summed E-state index contributed by atoms with van der Waals surface area (Å²) in [5.74, 6) is 0.873. The summed E-state index contributed by atoms with van der Waals surface area (Å²) in [6, 6.07) is 0. The van der Waals surface area contributed by atoms with E-state index < -0.39 is 0 Å². The third kappa shape index (κ3) is 4.24. The number of rotatable bonds is 5. The van der Waals surface area contributed by atoms with E-state index in [0.717, 1.165) is 5.92 Å². The predicted molar refractivity (Wildman–Crippen MR) is 78.9 cm³/mol. The standard InChI is InChI=1S/C16H32N2/c1-15(2)8-4-7-12-18-13-11-17-16(14-18)9-5-3-6-10-16/h15,17H,3-14H2,1-2H3. The minimum Gasteiger partial charge on any atom is -0.309 e. The normalized spacial score (nSPS) is 24.8. The monoisotopic (exact) mass is 252 g/mol. The van der Waals surface area contributed by atoms with Crippen molar-refractivity contribution in [3.05, 3.63) is 0 Å². The van der Waals surface area contributed by atoms with E-state index in [4.69, 9.17) is 0 Å². The Morgan fingerprint density at radius 2 is 1.89 bits per heavy atom. The van der Waals surface area contributed by atoms with Gasteiger partial charge in [0.1, 0.15) is 0 Å². The molecule has 0 unspecified atom stereocenters. The fraction of sp³-hybridized carbons (Fsp3) is 1.00. The van der Waals surface area contributed by atoms with Gasteiger partial charge in [0.05, 0.1) is 0 Å². The molecular weight excluding hydrogens is 220 g/mol. The zero-order valence-corrected chi connectivity index (χ0v) is 12.5. The van der Waals surface area contributed by atoms with Gasteiger partial charge in [0, 0.05) is 25.2 Å². The Labute approximate surface area is 114 Å². The van der Waals surface area contributed by atoms with Gasteiger partial charge in [-0.15, -0.1) is 0 Å². The molecule has 0 amide bonds. The molecule has 0 aromatic rings. The van der Waals surface area contributed by atoms with Crippen LogP contribution in [0.25, 0.3) is 0 Å². The molecule has 1 saturated carbocycles. The third-order valence-corrected chi connectivity index (χ3v) is 4.77. The van der Waals surface area contributed by atoms with Gasteiger partial charge in [0.25, 0.3) is 0 Å². The molecule has 1 spiro atoms. The van der Waals surface area contributed by atoms with Crippen LogP contribution in [-0.4, -0.2) is 36.6 Å². The Hall–Kier alpha value is -0.0800. The molecule has 2 heteroatoms. The van der Waals surface area contributed by atoms with Crippen LogP contribution in [-0.2, 0) is 0 Å². The molecule has 1 aliphatic heterocycles. The number of nitrogens with zero attached hydrogens (tertiary/aromatic N) is 1. The second-order valence-electron chi connectivity index (χ2n) is 6.93. The highest BCUT2D eigenvalue weighted by molar-refractivity contribution is 4.96. The van der Waals surface area contributed by atoms with Crippen molar-refractivity contribution >= 4 is 0 Å². The zero-order valence-electron chi connectivity index (χ0n) is 12.5. The second kappa shape index (κ2) is 6.91. The lowest BCUT2D eigenvalue weighted by atomic mass is 9.80. The summed E-state index contributed by atoms with van der Waals surface area (Å²) >= 11 is 0. The summed E-state index contributed by atoms with van der Waals surface area (Å²) in [4.78, 5) is 2.72. The third-order valence-electron chi connectivity index (χ3n) is 4.77. The molecule has 106 valence electrons. The van der Waals surface area contributed by atoms with E-state index in [2.05, 4.69) is 24.1 Å². The van der Waals surface area contributed by atoms with Crippen LogP contribution in [0.2, 0.25) is 0 Å². The van der Waals surface area contributed by atoms with E-state index in [9.17, 15) is 0 Å². The molecular formula is C16H32N2. The van der Waals surface area contributed by atoms with Crippen LogP contribution in [0, 0.1) is 5.92 Å². The first-order chi connectivity index (χ1) is 8.70. The molecule has 2 rings (SSSR count). The summed E-state index contributed by atoms with van der Waals surface area (Å²) in [7, 11) is 0. The van der Waals surface area contributed by atoms with Gasteiger partial charge in [-0.2, -0.15) is 0 Å². The van der Waals surface area contributed by atoms with E-state index in [-0.39, 0.29) is 0 Å². The van der Waals surface area contributed by atoms with Crippen molar-refractivity contribution in [2.45, 2.75) is 70.8 Å². The Morgan fingerprint density at radius 3 is 2.61 bits per heavy atom. The first-order valence-electron chi connectivity index (χ1n) is 8.18. The number of hydrogen-bond donors (Lipinski definition) is 1. The molecule has 0 aromatic heterocycles. The van der Waals surface area contributed by atoms with E-state index >= 15 is 0 Å². The van der Waals surface area contributed by atoms with Crippen molar-refractivity contribution in [2.24, 2.45) is 5.92 Å². The average molecular weight is 252 g/mol. The molecule has 1 saturated heterocycles. The lowest BCUT2D eigenvalue weighted by Crippen LogP contribution is -2.61. The summed E-state index contributed by atoms with van der Waals surface area (Å²) in [6.45, 7) is 9.79. The fourth-order valence-electron chi connectivity index (χ4n) is 3.68. The van der Waals surface area contributed by atoms with Gasteiger partial charge in [-0.25, -0.2) is 0 Å². The van der Waals surface area contributed by atoms with Crippen LogP contribution < -0.4 is 5.32 Å². The van der Waals surface area contributed by atoms with Crippen LogP contribution in [0.1, 0.15) is 65.2 Å². The minimum absolute atomic E-state index is 0.495. The predicted octanol–water partition coefficient (Wildman–Crippen LogP) is 3.42. The Balaban J connectivity index is 1.69. The van der Waals surface area contributed by atoms with Gasteiger partial charge in [0.15, 0.2) is 0 Å². The van der Waals surface area contributed by atoms with Crippen molar-refractivity contribution in [1.29, 1.82) is 0 Å². The Morgan fingerprint density at radius 1 is 1.11 bits per heavy atom. The molecule has 2 nitrogen and oxygen atoms in total. The van der Waals surface area contributed by atoms with Crippen molar-refractivity contribution in [2.75, 3.05) is 26.2 Å². The van der Waals surface area contributed by atoms with Crippen molar-refractivity contribution in [3.8, 4) is 0 Å². The summed E-state index contributed by atoms with van der Waals surface area (Å²) < 4.78 is 0. The highest BCUT2D eigenvalue weighted by atomic mass is 15.2.